The highest BCUT2D eigenvalue weighted by Crippen LogP contribution is 1.96. The lowest BCUT2D eigenvalue weighted by molar-refractivity contribution is 0.315. The van der Waals surface area contributed by atoms with Gasteiger partial charge in [-0.05, 0) is 32.4 Å². The molecule has 0 aromatic carbocycles. The molecule has 0 aromatic rings. The van der Waals surface area contributed by atoms with E-state index in [-0.39, 0.29) is 0 Å². The number of unbranched alkanes of at least 4 members (excludes halogenated alkanes) is 2. The second-order valence-electron chi connectivity index (χ2n) is 2.65. The van der Waals surface area contributed by atoms with Crippen molar-refractivity contribution >= 4 is 9.04 Å². The molecule has 0 unspecified atom stereocenters. The quantitative estimate of drug-likeness (QED) is 0.424. The van der Waals surface area contributed by atoms with Crippen LogP contribution in [0.15, 0.2) is 6.08 Å². The van der Waals surface area contributed by atoms with Gasteiger partial charge in [-0.3, -0.25) is 0 Å². The highest BCUT2D eigenvalue weighted by atomic mass is 28.3. The first-order chi connectivity index (χ1) is 4.77. The molecule has 0 atom stereocenters. The predicted octanol–water partition coefficient (Wildman–Crippen LogP) is 2.15. The summed E-state index contributed by atoms with van der Waals surface area (Å²) in [5.74, 6) is 0. The summed E-state index contributed by atoms with van der Waals surface area (Å²) in [5, 5.41) is 0. The molecular weight excluding hydrogens is 140 g/mol. The van der Waals surface area contributed by atoms with Crippen molar-refractivity contribution in [1.82, 2.24) is 0 Å². The van der Waals surface area contributed by atoms with Gasteiger partial charge in [-0.2, -0.15) is 0 Å². The maximum absolute atomic E-state index is 5.47. The third-order valence-electron chi connectivity index (χ3n) is 1.22. The molecule has 0 rings (SSSR count). The lowest BCUT2D eigenvalue weighted by Gasteiger charge is -2.04. The summed E-state index contributed by atoms with van der Waals surface area (Å²) >= 11 is 0. The van der Waals surface area contributed by atoms with Gasteiger partial charge in [0.2, 0.25) is 0 Å². The predicted molar refractivity (Wildman–Crippen MR) is 47.6 cm³/mol. The maximum atomic E-state index is 5.47. The number of hydrogen-bond donors (Lipinski definition) is 0. The second kappa shape index (κ2) is 7.03. The summed E-state index contributed by atoms with van der Waals surface area (Å²) in [6.45, 7) is 10.5. The zero-order valence-corrected chi connectivity index (χ0v) is 8.12. The molecule has 0 aromatic heterocycles. The van der Waals surface area contributed by atoms with Crippen molar-refractivity contribution in [1.29, 1.82) is 0 Å². The summed E-state index contributed by atoms with van der Waals surface area (Å²) in [5.41, 5.74) is 0. The van der Waals surface area contributed by atoms with E-state index in [2.05, 4.69) is 13.1 Å². The van der Waals surface area contributed by atoms with Gasteiger partial charge >= 0.3 is 0 Å². The fourth-order valence-corrected chi connectivity index (χ4v) is 1.32. The molecular formula is C8H17OSi. The summed E-state index contributed by atoms with van der Waals surface area (Å²) in [6, 6.07) is 0. The molecule has 1 nitrogen and oxygen atoms in total. The monoisotopic (exact) mass is 157 g/mol. The van der Waals surface area contributed by atoms with Crippen molar-refractivity contribution in [2.24, 2.45) is 0 Å². The van der Waals surface area contributed by atoms with Crippen LogP contribution in [-0.4, -0.2) is 15.6 Å². The van der Waals surface area contributed by atoms with Gasteiger partial charge in [-0.25, -0.2) is 0 Å². The Morgan fingerprint density at radius 2 is 2.10 bits per heavy atom. The highest BCUT2D eigenvalue weighted by molar-refractivity contribution is 6.48. The number of rotatable bonds is 6. The summed E-state index contributed by atoms with van der Waals surface area (Å²) in [4.78, 5) is 0. The van der Waals surface area contributed by atoms with E-state index in [1.165, 1.54) is 0 Å². The Labute approximate surface area is 65.8 Å². The molecule has 0 amide bonds. The van der Waals surface area contributed by atoms with Gasteiger partial charge in [-0.15, -0.1) is 0 Å². The largest absolute Gasteiger partial charge is 0.421 e. The average Bonchev–Trinajstić information content (AvgIpc) is 1.87. The van der Waals surface area contributed by atoms with E-state index in [4.69, 9.17) is 11.0 Å². The van der Waals surface area contributed by atoms with Gasteiger partial charge in [0, 0.05) is 6.61 Å². The van der Waals surface area contributed by atoms with Crippen molar-refractivity contribution in [2.45, 2.75) is 32.4 Å². The van der Waals surface area contributed by atoms with E-state index >= 15 is 0 Å². The van der Waals surface area contributed by atoms with Crippen molar-refractivity contribution in [2.75, 3.05) is 6.61 Å². The first-order valence-corrected chi connectivity index (χ1v) is 6.70. The van der Waals surface area contributed by atoms with Crippen LogP contribution in [0.25, 0.3) is 0 Å². The molecule has 10 heavy (non-hydrogen) atoms. The fraction of sp³-hybridized carbons (Fsp3) is 0.750. The van der Waals surface area contributed by atoms with Crippen molar-refractivity contribution in [3.05, 3.63) is 12.7 Å². The average molecular weight is 157 g/mol. The minimum Gasteiger partial charge on any atom is -0.421 e. The lowest BCUT2D eigenvalue weighted by Crippen LogP contribution is -2.08. The van der Waals surface area contributed by atoms with Crippen LogP contribution < -0.4 is 0 Å². The molecule has 2 heteroatoms. The first-order valence-electron chi connectivity index (χ1n) is 3.92. The summed E-state index contributed by atoms with van der Waals surface area (Å²) in [7, 11) is -0.764. The van der Waals surface area contributed by atoms with E-state index in [1.807, 2.05) is 0 Å². The topological polar surface area (TPSA) is 9.23 Å². The van der Waals surface area contributed by atoms with Crippen LogP contribution in [0.4, 0.5) is 0 Å². The van der Waals surface area contributed by atoms with Gasteiger partial charge in [0.25, 0.3) is 0 Å². The zero-order chi connectivity index (χ0) is 7.82. The van der Waals surface area contributed by atoms with Crippen LogP contribution in [0.1, 0.15) is 19.3 Å². The van der Waals surface area contributed by atoms with E-state index in [0.717, 1.165) is 25.9 Å². The lowest BCUT2D eigenvalue weighted by atomic mass is 10.2. The van der Waals surface area contributed by atoms with Crippen molar-refractivity contribution in [3.63, 3.8) is 0 Å². The molecule has 0 spiro atoms. The van der Waals surface area contributed by atoms with Crippen molar-refractivity contribution in [3.8, 4) is 0 Å². The third-order valence-corrected chi connectivity index (χ3v) is 2.12. The van der Waals surface area contributed by atoms with E-state index < -0.39 is 9.04 Å². The van der Waals surface area contributed by atoms with Gasteiger partial charge in [-0.1, -0.05) is 12.7 Å². The Bertz CT molecular complexity index is 81.3. The third kappa shape index (κ3) is 7.92. The Balaban J connectivity index is 2.83. The molecule has 0 saturated heterocycles. The van der Waals surface area contributed by atoms with Crippen molar-refractivity contribution < 1.29 is 4.43 Å². The Morgan fingerprint density at radius 3 is 2.60 bits per heavy atom. The first kappa shape index (κ1) is 9.92. The van der Waals surface area contributed by atoms with Crippen LogP contribution in [0.2, 0.25) is 13.1 Å². The van der Waals surface area contributed by atoms with E-state index in [9.17, 15) is 0 Å². The standard InChI is InChI=1S/C8H17OSi/c1-4-5-6-7-8-9-10(2)3/h1,4,10H,5-8H2,2-3H3. The molecule has 0 aliphatic carbocycles. The second-order valence-corrected chi connectivity index (χ2v) is 5.08. The molecule has 59 valence electrons. The highest BCUT2D eigenvalue weighted by Gasteiger charge is 1.93. The molecule has 0 heterocycles. The molecule has 0 aliphatic rings. The van der Waals surface area contributed by atoms with Crippen LogP contribution in [-0.2, 0) is 4.43 Å². The van der Waals surface area contributed by atoms with Crippen LogP contribution in [0.3, 0.4) is 0 Å². The van der Waals surface area contributed by atoms with Crippen LogP contribution >= 0.6 is 0 Å². The summed E-state index contributed by atoms with van der Waals surface area (Å²) < 4.78 is 5.47. The van der Waals surface area contributed by atoms with Crippen LogP contribution in [0.5, 0.6) is 0 Å². The van der Waals surface area contributed by atoms with Gasteiger partial charge in [0.15, 0.2) is 9.04 Å². The summed E-state index contributed by atoms with van der Waals surface area (Å²) in [6.07, 6.45) is 5.05. The van der Waals surface area contributed by atoms with Gasteiger partial charge in [0.1, 0.15) is 0 Å². The van der Waals surface area contributed by atoms with Gasteiger partial charge in [0.05, 0.1) is 0 Å². The normalized spacial score (nSPS) is 10.3. The smallest absolute Gasteiger partial charge is 0.170 e. The Morgan fingerprint density at radius 1 is 1.40 bits per heavy atom. The minimum absolute atomic E-state index is 0.764. The van der Waals surface area contributed by atoms with E-state index in [0.29, 0.717) is 0 Å². The number of allylic oxidation sites excluding steroid dienone is 1. The molecule has 0 fully saturated rings. The zero-order valence-electron chi connectivity index (χ0n) is 6.97. The molecule has 1 radical (unpaired) electrons. The number of hydrogen-bond acceptors (Lipinski definition) is 1. The Hall–Kier alpha value is -0.0831. The SMILES string of the molecule is [CH]=CCCCCO[SiH](C)C. The Kier molecular flexibility index (Phi) is 6.97. The maximum Gasteiger partial charge on any atom is 0.170 e. The molecule has 0 aliphatic heterocycles. The van der Waals surface area contributed by atoms with Crippen LogP contribution in [0, 0.1) is 6.58 Å². The minimum atomic E-state index is -0.764. The molecule has 0 bridgehead atoms. The molecule has 0 N–H and O–H groups in total. The molecule has 0 saturated carbocycles. The van der Waals surface area contributed by atoms with Gasteiger partial charge < -0.3 is 4.43 Å². The van der Waals surface area contributed by atoms with E-state index in [1.54, 1.807) is 6.08 Å². The fourth-order valence-electron chi connectivity index (χ4n) is 0.683.